The topological polar surface area (TPSA) is 85.2 Å². The minimum absolute atomic E-state index is 0.0667. The first-order valence-electron chi connectivity index (χ1n) is 11.2. The summed E-state index contributed by atoms with van der Waals surface area (Å²) in [7, 11) is 5.50. The van der Waals surface area contributed by atoms with Crippen molar-refractivity contribution in [2.45, 2.75) is 16.2 Å². The van der Waals surface area contributed by atoms with Gasteiger partial charge in [0.2, 0.25) is 0 Å². The van der Waals surface area contributed by atoms with Crippen LogP contribution >= 0.6 is 23.4 Å². The fourth-order valence-electron chi connectivity index (χ4n) is 3.90. The monoisotopic (exact) mass is 527 g/mol. The molecule has 0 unspecified atom stereocenters. The Labute approximate surface area is 218 Å². The van der Waals surface area contributed by atoms with Crippen LogP contribution in [0, 0.1) is 10.1 Å². The van der Waals surface area contributed by atoms with Gasteiger partial charge in [-0.25, -0.2) is 0 Å². The van der Waals surface area contributed by atoms with Gasteiger partial charge in [-0.2, -0.15) is 0 Å². The fraction of sp³-hybridized carbons (Fsp3) is 0.269. The number of anilines is 1. The Kier molecular flexibility index (Phi) is 8.03. The molecule has 3 aromatic carbocycles. The van der Waals surface area contributed by atoms with Crippen molar-refractivity contribution in [3.8, 4) is 11.5 Å². The molecule has 0 N–H and O–H groups in total. The van der Waals surface area contributed by atoms with Crippen LogP contribution < -0.4 is 14.4 Å². The number of non-ortho nitro benzene ring substituents is 1. The highest BCUT2D eigenvalue weighted by Crippen LogP contribution is 2.47. The van der Waals surface area contributed by atoms with Crippen LogP contribution in [0.5, 0.6) is 11.5 Å². The number of methoxy groups -OCH3 is 1. The maximum atomic E-state index is 14.1. The Hall–Kier alpha value is -3.27. The summed E-state index contributed by atoms with van der Waals surface area (Å²) >= 11 is 7.89. The van der Waals surface area contributed by atoms with E-state index in [0.29, 0.717) is 18.8 Å². The number of benzene rings is 3. The van der Waals surface area contributed by atoms with Gasteiger partial charge in [0.15, 0.2) is 6.10 Å². The second-order valence-corrected chi connectivity index (χ2v) is 10.1. The van der Waals surface area contributed by atoms with E-state index in [1.165, 1.54) is 30.0 Å². The van der Waals surface area contributed by atoms with Crippen molar-refractivity contribution >= 4 is 40.6 Å². The Bertz CT molecular complexity index is 1250. The molecule has 0 radical (unpaired) electrons. The van der Waals surface area contributed by atoms with Crippen LogP contribution in [0.3, 0.4) is 0 Å². The van der Waals surface area contributed by atoms with E-state index in [1.54, 1.807) is 12.0 Å². The lowest BCUT2D eigenvalue weighted by atomic mass is 10.1. The van der Waals surface area contributed by atoms with Gasteiger partial charge in [-0.15, -0.1) is 11.8 Å². The molecule has 4 rings (SSSR count). The quantitative estimate of drug-likeness (QED) is 0.284. The first-order chi connectivity index (χ1) is 17.3. The molecule has 36 heavy (non-hydrogen) atoms. The zero-order valence-corrected chi connectivity index (χ0v) is 21.7. The van der Waals surface area contributed by atoms with Crippen LogP contribution in [-0.2, 0) is 4.79 Å². The molecule has 8 nitrogen and oxygen atoms in total. The van der Waals surface area contributed by atoms with Crippen LogP contribution in [0.4, 0.5) is 11.4 Å². The van der Waals surface area contributed by atoms with Crippen molar-refractivity contribution in [1.29, 1.82) is 0 Å². The highest BCUT2D eigenvalue weighted by molar-refractivity contribution is 7.99. The highest BCUT2D eigenvalue weighted by atomic mass is 35.5. The third-order valence-electron chi connectivity index (χ3n) is 5.79. The zero-order valence-electron chi connectivity index (χ0n) is 20.1. The lowest BCUT2D eigenvalue weighted by Gasteiger charge is -2.29. The predicted octanol–water partition coefficient (Wildman–Crippen LogP) is 5.45. The molecule has 1 heterocycles. The maximum Gasteiger partial charge on any atom is 0.271 e. The van der Waals surface area contributed by atoms with Gasteiger partial charge in [-0.05, 0) is 50.0 Å². The van der Waals surface area contributed by atoms with Gasteiger partial charge in [0.05, 0.1) is 28.0 Å². The molecule has 0 saturated carbocycles. The number of para-hydroxylation sites is 1. The van der Waals surface area contributed by atoms with E-state index in [9.17, 15) is 14.9 Å². The number of halogens is 1. The lowest BCUT2D eigenvalue weighted by molar-refractivity contribution is -0.384. The molecule has 3 aromatic rings. The largest absolute Gasteiger partial charge is 0.497 e. The van der Waals surface area contributed by atoms with E-state index in [0.717, 1.165) is 16.1 Å². The number of carbonyl (C=O) groups is 1. The van der Waals surface area contributed by atoms with Crippen molar-refractivity contribution in [3.05, 3.63) is 87.4 Å². The molecule has 10 heteroatoms. The lowest BCUT2D eigenvalue weighted by Crippen LogP contribution is -2.46. The number of nitrogens with zero attached hydrogens (tertiary/aromatic N) is 3. The third kappa shape index (κ3) is 5.59. The molecule has 0 bridgehead atoms. The van der Waals surface area contributed by atoms with Gasteiger partial charge in [0.1, 0.15) is 11.5 Å². The summed E-state index contributed by atoms with van der Waals surface area (Å²) in [5.74, 6) is 0.690. The number of rotatable bonds is 8. The molecule has 2 atom stereocenters. The number of hydrogen-bond acceptors (Lipinski definition) is 7. The summed E-state index contributed by atoms with van der Waals surface area (Å²) in [5.41, 5.74) is 1.54. The number of ether oxygens (including phenoxy) is 2. The minimum atomic E-state index is -0.947. The fourth-order valence-corrected chi connectivity index (χ4v) is 5.43. The van der Waals surface area contributed by atoms with Gasteiger partial charge < -0.3 is 19.3 Å². The molecule has 1 aliphatic rings. The summed E-state index contributed by atoms with van der Waals surface area (Å²) in [6.45, 7) is 1.12. The Morgan fingerprint density at radius 1 is 1.11 bits per heavy atom. The summed E-state index contributed by atoms with van der Waals surface area (Å²) in [6.07, 6.45) is -0.947. The van der Waals surface area contributed by atoms with Crippen LogP contribution in [-0.4, -0.2) is 56.1 Å². The molecule has 1 aliphatic heterocycles. The standard InChI is InChI=1S/C26H26ClN3O5S/c1-28(2)14-15-29-21-6-4-5-7-23(21)36-25(17-8-11-19(34-3)12-9-17)24(26(29)31)35-22-13-10-18(30(32)33)16-20(22)27/h4-13,16,24-25H,14-15H2,1-3H3/t24-,25+/m0/s1. The molecule has 0 aliphatic carbocycles. The maximum absolute atomic E-state index is 14.1. The summed E-state index contributed by atoms with van der Waals surface area (Å²) in [5, 5.41) is 10.8. The highest BCUT2D eigenvalue weighted by Gasteiger charge is 2.40. The van der Waals surface area contributed by atoms with Crippen LogP contribution in [0.2, 0.25) is 5.02 Å². The van der Waals surface area contributed by atoms with Crippen molar-refractivity contribution in [2.75, 3.05) is 39.2 Å². The number of amides is 1. The summed E-state index contributed by atoms with van der Waals surface area (Å²) < 4.78 is 11.6. The molecule has 1 amide bonds. The first-order valence-corrected chi connectivity index (χ1v) is 12.5. The number of carbonyl (C=O) groups excluding carboxylic acids is 1. The smallest absolute Gasteiger partial charge is 0.271 e. The Morgan fingerprint density at radius 2 is 1.83 bits per heavy atom. The van der Waals surface area contributed by atoms with Crippen LogP contribution in [0.15, 0.2) is 71.6 Å². The van der Waals surface area contributed by atoms with E-state index in [4.69, 9.17) is 21.1 Å². The summed E-state index contributed by atoms with van der Waals surface area (Å²) in [6, 6.07) is 19.3. The van der Waals surface area contributed by atoms with Gasteiger partial charge in [0.25, 0.3) is 11.6 Å². The van der Waals surface area contributed by atoms with E-state index >= 15 is 0 Å². The molecular formula is C26H26ClN3O5S. The molecule has 0 spiro atoms. The predicted molar refractivity (Wildman–Crippen MR) is 141 cm³/mol. The summed E-state index contributed by atoms with van der Waals surface area (Å²) in [4.78, 5) is 29.5. The van der Waals surface area contributed by atoms with Crippen LogP contribution in [0.1, 0.15) is 10.8 Å². The second kappa shape index (κ2) is 11.2. The average Bonchev–Trinajstić information content (AvgIpc) is 2.98. The SMILES string of the molecule is COc1ccc([C@H]2Sc3ccccc3N(CCN(C)C)C(=O)[C@H]2Oc2ccc([N+](=O)[O-])cc2Cl)cc1. The van der Waals surface area contributed by atoms with Crippen molar-refractivity contribution in [1.82, 2.24) is 4.90 Å². The van der Waals surface area contributed by atoms with Crippen molar-refractivity contribution in [2.24, 2.45) is 0 Å². The Balaban J connectivity index is 1.80. The van der Waals surface area contributed by atoms with E-state index in [1.807, 2.05) is 67.5 Å². The van der Waals surface area contributed by atoms with Gasteiger partial charge >= 0.3 is 0 Å². The zero-order chi connectivity index (χ0) is 25.8. The number of thioether (sulfide) groups is 1. The molecule has 0 saturated heterocycles. The molecule has 0 fully saturated rings. The van der Waals surface area contributed by atoms with E-state index < -0.39 is 16.3 Å². The number of likely N-dealkylation sites (N-methyl/N-ethyl adjacent to an activating group) is 1. The average molecular weight is 528 g/mol. The van der Waals surface area contributed by atoms with Crippen molar-refractivity contribution in [3.63, 3.8) is 0 Å². The number of hydrogen-bond donors (Lipinski definition) is 0. The number of nitro groups is 1. The number of fused-ring (bicyclic) bond motifs is 1. The third-order valence-corrected chi connectivity index (χ3v) is 7.46. The Morgan fingerprint density at radius 3 is 2.47 bits per heavy atom. The van der Waals surface area contributed by atoms with Gasteiger partial charge in [0, 0.05) is 30.1 Å². The second-order valence-electron chi connectivity index (χ2n) is 8.48. The molecular weight excluding hydrogens is 502 g/mol. The van der Waals surface area contributed by atoms with Gasteiger partial charge in [-0.1, -0.05) is 35.9 Å². The van der Waals surface area contributed by atoms with E-state index in [-0.39, 0.29) is 22.4 Å². The van der Waals surface area contributed by atoms with E-state index in [2.05, 4.69) is 0 Å². The van der Waals surface area contributed by atoms with Crippen LogP contribution in [0.25, 0.3) is 0 Å². The molecule has 188 valence electrons. The molecule has 0 aromatic heterocycles. The number of nitro benzene ring substituents is 1. The van der Waals surface area contributed by atoms with Crippen molar-refractivity contribution < 1.29 is 19.2 Å². The minimum Gasteiger partial charge on any atom is -0.497 e. The first kappa shape index (κ1) is 25.8. The normalized spacial score (nSPS) is 17.5. The van der Waals surface area contributed by atoms with Gasteiger partial charge in [-0.3, -0.25) is 14.9 Å².